The Labute approximate surface area is 102 Å². The number of hydrogen-bond acceptors (Lipinski definition) is 6. The van der Waals surface area contributed by atoms with Crippen LogP contribution in [0.25, 0.3) is 0 Å². The molecule has 7 nitrogen and oxygen atoms in total. The molecule has 0 unspecified atom stereocenters. The van der Waals surface area contributed by atoms with E-state index in [1.54, 1.807) is 0 Å². The normalized spacial score (nSPS) is 8.64. The van der Waals surface area contributed by atoms with Gasteiger partial charge in [-0.15, -0.1) is 0 Å². The molecule has 0 aliphatic heterocycles. The van der Waals surface area contributed by atoms with Gasteiger partial charge in [0.15, 0.2) is 0 Å². The van der Waals surface area contributed by atoms with Crippen molar-refractivity contribution in [1.82, 2.24) is 0 Å². The molecule has 0 saturated carbocycles. The predicted molar refractivity (Wildman–Crippen MR) is 43.3 cm³/mol. The van der Waals surface area contributed by atoms with Crippen molar-refractivity contribution in [3.05, 3.63) is 12.7 Å². The van der Waals surface area contributed by atoms with Gasteiger partial charge in [-0.3, -0.25) is 0 Å². The molecule has 0 aromatic heterocycles. The van der Waals surface area contributed by atoms with Crippen LogP contribution in [-0.4, -0.2) is 38.5 Å². The fourth-order valence-electron chi connectivity index (χ4n) is 0. The fraction of sp³-hybridized carbons (Fsp3) is 0.333. The number of rotatable bonds is 1. The van der Waals surface area contributed by atoms with Crippen LogP contribution in [-0.2, 0) is 4.57 Å². The summed E-state index contributed by atoms with van der Waals surface area (Å²) in [5.74, 6) is 0. The maximum atomic E-state index is 8.66. The Bertz CT molecular complexity index is 137. The van der Waals surface area contributed by atoms with E-state index in [0.717, 1.165) is 5.28 Å². The maximum absolute atomic E-state index is 8.66. The summed E-state index contributed by atoms with van der Waals surface area (Å²) in [7, 11) is -8.51. The Hall–Kier alpha value is 1.22. The molecule has 0 atom stereocenters. The van der Waals surface area contributed by atoms with Gasteiger partial charge >= 0.3 is 51.6 Å². The number of hydrogen-bond donors (Lipinski definition) is 1. The first-order chi connectivity index (χ1) is 5.65. The van der Waals surface area contributed by atoms with Gasteiger partial charge in [0.25, 0.3) is 0 Å². The Morgan fingerprint density at radius 3 is 1.50 bits per heavy atom. The zero-order valence-electron chi connectivity index (χ0n) is 6.94. The summed E-state index contributed by atoms with van der Waals surface area (Å²) in [6.45, 7) is 3.46. The van der Waals surface area contributed by atoms with Crippen LogP contribution >= 0.6 is 16.4 Å². The summed E-state index contributed by atoms with van der Waals surface area (Å²) < 4.78 is 8.66. The third-order valence-electron chi connectivity index (χ3n) is 0.167. The van der Waals surface area contributed by atoms with Crippen molar-refractivity contribution in [1.29, 1.82) is 0 Å². The first-order valence-corrected chi connectivity index (χ1v) is 5.93. The summed E-state index contributed by atoms with van der Waals surface area (Å²) in [5.41, 5.74) is 0. The topological polar surface area (TPSA) is 153 Å². The minimum Gasteiger partial charge on any atom is -0.854 e. The summed E-state index contributed by atoms with van der Waals surface area (Å²) in [5, 5.41) is 1.00. The summed E-state index contributed by atoms with van der Waals surface area (Å²) in [6, 6.07) is 0. The van der Waals surface area contributed by atoms with E-state index in [1.165, 1.54) is 0 Å². The Morgan fingerprint density at radius 1 is 1.43 bits per heavy atom. The van der Waals surface area contributed by atoms with Crippen molar-refractivity contribution in [3.8, 4) is 0 Å². The van der Waals surface area contributed by atoms with Crippen molar-refractivity contribution in [2.75, 3.05) is 0 Å². The van der Waals surface area contributed by atoms with Crippen LogP contribution in [0.1, 0.15) is 0 Å². The molecule has 0 rings (SSSR count). The summed E-state index contributed by atoms with van der Waals surface area (Å²) in [4.78, 5) is 49.7. The first kappa shape index (κ1) is 24.5. The Morgan fingerprint density at radius 2 is 1.50 bits per heavy atom. The SMILES string of the molecule is C=C[CH2][Al+2].O=P([O-])([O-])O.[Al+3].[O-]P([O-])[O-]. The molecule has 0 radical (unpaired) electrons. The molecule has 11 heteroatoms. The van der Waals surface area contributed by atoms with Gasteiger partial charge in [0.2, 0.25) is 0 Å². The molecule has 0 aromatic rings. The quantitative estimate of drug-likeness (QED) is 0.286. The van der Waals surface area contributed by atoms with Crippen LogP contribution in [0.2, 0.25) is 5.28 Å². The van der Waals surface area contributed by atoms with Gasteiger partial charge in [-0.05, 0) is 0 Å². The minimum absolute atomic E-state index is 0. The summed E-state index contributed by atoms with van der Waals surface area (Å²) >= 11 is 2.54. The van der Waals surface area contributed by atoms with Crippen molar-refractivity contribution in [2.45, 2.75) is 5.28 Å². The van der Waals surface area contributed by atoms with E-state index in [1.807, 2.05) is 6.08 Å². The number of phosphoric acid groups is 1. The van der Waals surface area contributed by atoms with Gasteiger partial charge in [0.1, 0.15) is 0 Å². The van der Waals surface area contributed by atoms with E-state index in [2.05, 4.69) is 22.9 Å². The zero-order chi connectivity index (χ0) is 11.5. The zero-order valence-corrected chi connectivity index (χ0v) is 11.0. The molecule has 0 fully saturated rings. The van der Waals surface area contributed by atoms with E-state index in [-0.39, 0.29) is 17.4 Å². The van der Waals surface area contributed by atoms with Crippen LogP contribution in [0.15, 0.2) is 12.7 Å². The van der Waals surface area contributed by atoms with Crippen molar-refractivity contribution in [3.63, 3.8) is 0 Å². The van der Waals surface area contributed by atoms with E-state index in [4.69, 9.17) is 33.9 Å². The monoisotopic (exact) mass is 270 g/mol. The van der Waals surface area contributed by atoms with Crippen LogP contribution in [0, 0.1) is 0 Å². The average molecular weight is 270 g/mol. The van der Waals surface area contributed by atoms with Crippen molar-refractivity contribution < 1.29 is 33.9 Å². The second-order valence-electron chi connectivity index (χ2n) is 1.22. The molecule has 0 aliphatic rings. The van der Waals surface area contributed by atoms with E-state index in [0.29, 0.717) is 0 Å². The number of allylic oxidation sites excluding steroid dienone is 1. The minimum atomic E-state index is -5.14. The molecular weight excluding hydrogens is 264 g/mol. The second kappa shape index (κ2) is 16.6. The molecule has 14 heavy (non-hydrogen) atoms. The third kappa shape index (κ3) is 399. The van der Waals surface area contributed by atoms with Gasteiger partial charge in [-0.25, -0.2) is 0 Å². The van der Waals surface area contributed by atoms with Crippen LogP contribution < -0.4 is 24.5 Å². The predicted octanol–water partition coefficient (Wildman–Crippen LogP) is -4.52. The molecule has 0 heterocycles. The molecule has 76 valence electrons. The standard InChI is InChI=1S/C3H5.2Al.H3O4P.O3P/c1-3-2;;;1-5(2,3)4;1-4(2)3/h3H,1-2H2;;;(H3,1,2,3,4);/q;+2;+3;;-3/p-2. The van der Waals surface area contributed by atoms with Crippen LogP contribution in [0.5, 0.6) is 0 Å². The van der Waals surface area contributed by atoms with E-state index in [9.17, 15) is 0 Å². The molecule has 1 N–H and O–H groups in total. The molecule has 0 saturated heterocycles. The van der Waals surface area contributed by atoms with Gasteiger partial charge in [-0.2, -0.15) is 0 Å². The second-order valence-corrected chi connectivity index (χ2v) is 3.07. The van der Waals surface area contributed by atoms with Gasteiger partial charge in [-0.1, -0.05) is 0 Å². The average Bonchev–Trinajstić information content (AvgIpc) is 1.82. The van der Waals surface area contributed by atoms with Gasteiger partial charge in [0.05, 0.1) is 7.82 Å². The smallest absolute Gasteiger partial charge is 0.854 e. The largest absolute Gasteiger partial charge is 3.00 e. The fourth-order valence-corrected chi connectivity index (χ4v) is 0. The summed E-state index contributed by atoms with van der Waals surface area (Å²) in [6.07, 6.45) is 1.84. The van der Waals surface area contributed by atoms with Crippen molar-refractivity contribution >= 4 is 50.1 Å². The van der Waals surface area contributed by atoms with Crippen LogP contribution in [0.4, 0.5) is 0 Å². The Balaban J connectivity index is -0.0000000522. The van der Waals surface area contributed by atoms with Gasteiger partial charge < -0.3 is 42.5 Å². The van der Waals surface area contributed by atoms with E-state index < -0.39 is 16.4 Å². The van der Waals surface area contributed by atoms with E-state index >= 15 is 0 Å². The molecule has 0 aromatic carbocycles. The Kier molecular flexibility index (Phi) is 29.1. The molecular formula is C3H6Al2O7P2. The van der Waals surface area contributed by atoms with Gasteiger partial charge in [0, 0.05) is 0 Å². The maximum Gasteiger partial charge on any atom is 3.00 e. The molecule has 0 aliphatic carbocycles. The first-order valence-electron chi connectivity index (χ1n) is 2.52. The molecule has 0 bridgehead atoms. The molecule has 0 spiro atoms. The van der Waals surface area contributed by atoms with Crippen LogP contribution in [0.3, 0.4) is 0 Å². The molecule has 0 amide bonds. The third-order valence-corrected chi connectivity index (χ3v) is 0.500. The van der Waals surface area contributed by atoms with Crippen molar-refractivity contribution in [2.24, 2.45) is 0 Å².